The molecule has 1 N–H and O–H groups in total. The van der Waals surface area contributed by atoms with Crippen LogP contribution in [0.15, 0.2) is 5.38 Å². The lowest BCUT2D eigenvalue weighted by molar-refractivity contribution is 0.187. The number of hydrogen-bond donors (Lipinski definition) is 1. The summed E-state index contributed by atoms with van der Waals surface area (Å²) in [6, 6.07) is 0.872. The Morgan fingerprint density at radius 1 is 1.24 bits per heavy atom. The third-order valence-electron chi connectivity index (χ3n) is 4.70. The number of nitrogens with one attached hydrogen (secondary N) is 1. The van der Waals surface area contributed by atoms with Gasteiger partial charge in [0.15, 0.2) is 5.13 Å². The van der Waals surface area contributed by atoms with Crippen LogP contribution in [0.4, 0.5) is 5.13 Å². The molecule has 1 aromatic rings. The smallest absolute Gasteiger partial charge is 0.185 e. The van der Waals surface area contributed by atoms with E-state index in [-0.39, 0.29) is 0 Å². The first-order valence-electron chi connectivity index (χ1n) is 8.51. The van der Waals surface area contributed by atoms with Crippen molar-refractivity contribution in [1.82, 2.24) is 15.2 Å². The molecular formula is C16H28N4S. The Labute approximate surface area is 132 Å². The first-order valence-corrected chi connectivity index (χ1v) is 9.39. The summed E-state index contributed by atoms with van der Waals surface area (Å²) in [5.41, 5.74) is 1.20. The molecule has 0 amide bonds. The van der Waals surface area contributed by atoms with Crippen LogP contribution in [0.2, 0.25) is 0 Å². The SMILES string of the molecule is CCCNCc1csc(N2CCN(C3CCCC3)CC2)n1. The molecule has 21 heavy (non-hydrogen) atoms. The molecule has 1 saturated heterocycles. The molecule has 1 aliphatic heterocycles. The molecule has 1 aliphatic carbocycles. The number of aromatic nitrogens is 1. The molecule has 5 heteroatoms. The van der Waals surface area contributed by atoms with E-state index in [1.165, 1.54) is 56.0 Å². The van der Waals surface area contributed by atoms with Crippen LogP contribution in [-0.2, 0) is 6.54 Å². The molecular weight excluding hydrogens is 280 g/mol. The second-order valence-electron chi connectivity index (χ2n) is 6.26. The molecule has 1 aromatic heterocycles. The second-order valence-corrected chi connectivity index (χ2v) is 7.10. The Kier molecular flexibility index (Phi) is 5.49. The molecule has 3 rings (SSSR count). The summed E-state index contributed by atoms with van der Waals surface area (Å²) >= 11 is 1.80. The quantitative estimate of drug-likeness (QED) is 0.819. The van der Waals surface area contributed by atoms with Gasteiger partial charge in [0, 0.05) is 44.1 Å². The fourth-order valence-corrected chi connectivity index (χ4v) is 4.34. The highest BCUT2D eigenvalue weighted by Crippen LogP contribution is 2.26. The Hall–Kier alpha value is -0.650. The molecule has 0 atom stereocenters. The van der Waals surface area contributed by atoms with E-state index in [1.54, 1.807) is 11.3 Å². The highest BCUT2D eigenvalue weighted by Gasteiger charge is 2.26. The van der Waals surface area contributed by atoms with Crippen molar-refractivity contribution in [2.45, 2.75) is 51.6 Å². The number of nitrogens with zero attached hydrogens (tertiary/aromatic N) is 3. The third-order valence-corrected chi connectivity index (χ3v) is 5.65. The summed E-state index contributed by atoms with van der Waals surface area (Å²) in [6.07, 6.45) is 6.89. The normalized spacial score (nSPS) is 21.3. The number of hydrogen-bond acceptors (Lipinski definition) is 5. The minimum absolute atomic E-state index is 0.872. The predicted molar refractivity (Wildman–Crippen MR) is 90.2 cm³/mol. The van der Waals surface area contributed by atoms with E-state index in [0.717, 1.165) is 32.2 Å². The minimum Gasteiger partial charge on any atom is -0.346 e. The summed E-state index contributed by atoms with van der Waals surface area (Å²) in [4.78, 5) is 9.97. The van der Waals surface area contributed by atoms with Crippen molar-refractivity contribution in [2.75, 3.05) is 37.6 Å². The van der Waals surface area contributed by atoms with Crippen molar-refractivity contribution in [1.29, 1.82) is 0 Å². The first kappa shape index (κ1) is 15.3. The van der Waals surface area contributed by atoms with E-state index in [4.69, 9.17) is 4.98 Å². The largest absolute Gasteiger partial charge is 0.346 e. The molecule has 2 fully saturated rings. The fourth-order valence-electron chi connectivity index (χ4n) is 3.46. The van der Waals surface area contributed by atoms with Crippen molar-refractivity contribution in [3.8, 4) is 0 Å². The topological polar surface area (TPSA) is 31.4 Å². The minimum atomic E-state index is 0.872. The molecule has 0 aromatic carbocycles. The predicted octanol–water partition coefficient (Wildman–Crippen LogP) is 2.71. The van der Waals surface area contributed by atoms with Gasteiger partial charge >= 0.3 is 0 Å². The van der Waals surface area contributed by atoms with Crippen molar-refractivity contribution >= 4 is 16.5 Å². The van der Waals surface area contributed by atoms with E-state index in [9.17, 15) is 0 Å². The van der Waals surface area contributed by atoms with E-state index >= 15 is 0 Å². The van der Waals surface area contributed by atoms with Gasteiger partial charge in [0.05, 0.1) is 5.69 Å². The van der Waals surface area contributed by atoms with Gasteiger partial charge < -0.3 is 10.2 Å². The number of thiazole rings is 1. The maximum absolute atomic E-state index is 4.79. The second kappa shape index (κ2) is 7.56. The Morgan fingerprint density at radius 2 is 2.00 bits per heavy atom. The van der Waals surface area contributed by atoms with Crippen LogP contribution in [0, 0.1) is 0 Å². The standard InChI is InChI=1S/C16H28N4S/c1-2-7-17-12-14-13-21-16(18-14)20-10-8-19(9-11-20)15-5-3-4-6-15/h13,15,17H,2-12H2,1H3. The van der Waals surface area contributed by atoms with E-state index < -0.39 is 0 Å². The molecule has 0 unspecified atom stereocenters. The van der Waals surface area contributed by atoms with Gasteiger partial charge in [0.1, 0.15) is 0 Å². The van der Waals surface area contributed by atoms with E-state index in [1.807, 2.05) is 0 Å². The van der Waals surface area contributed by atoms with Gasteiger partial charge in [-0.15, -0.1) is 11.3 Å². The van der Waals surface area contributed by atoms with Gasteiger partial charge in [-0.25, -0.2) is 4.98 Å². The lowest BCUT2D eigenvalue weighted by Crippen LogP contribution is -2.49. The maximum atomic E-state index is 4.79. The zero-order chi connectivity index (χ0) is 14.5. The zero-order valence-corrected chi connectivity index (χ0v) is 14.0. The van der Waals surface area contributed by atoms with Crippen molar-refractivity contribution in [3.63, 3.8) is 0 Å². The van der Waals surface area contributed by atoms with Gasteiger partial charge in [-0.2, -0.15) is 0 Å². The van der Waals surface area contributed by atoms with Gasteiger partial charge in [-0.05, 0) is 25.8 Å². The van der Waals surface area contributed by atoms with Crippen LogP contribution >= 0.6 is 11.3 Å². The highest BCUT2D eigenvalue weighted by atomic mass is 32.1. The van der Waals surface area contributed by atoms with Crippen LogP contribution in [-0.4, -0.2) is 48.6 Å². The Bertz CT molecular complexity index is 420. The number of piperazine rings is 1. The molecule has 0 bridgehead atoms. The van der Waals surface area contributed by atoms with Crippen LogP contribution in [0.5, 0.6) is 0 Å². The highest BCUT2D eigenvalue weighted by molar-refractivity contribution is 7.13. The summed E-state index contributed by atoms with van der Waals surface area (Å²) in [5, 5.41) is 6.86. The number of rotatable bonds is 6. The first-order chi connectivity index (χ1) is 10.4. The maximum Gasteiger partial charge on any atom is 0.185 e. The average Bonchev–Trinajstić information content (AvgIpc) is 3.20. The van der Waals surface area contributed by atoms with Gasteiger partial charge in [0.2, 0.25) is 0 Å². The van der Waals surface area contributed by atoms with Crippen molar-refractivity contribution in [2.24, 2.45) is 0 Å². The Morgan fingerprint density at radius 3 is 2.71 bits per heavy atom. The van der Waals surface area contributed by atoms with Crippen LogP contribution in [0.25, 0.3) is 0 Å². The van der Waals surface area contributed by atoms with Crippen molar-refractivity contribution < 1.29 is 0 Å². The molecule has 0 radical (unpaired) electrons. The van der Waals surface area contributed by atoms with Crippen LogP contribution < -0.4 is 10.2 Å². The fraction of sp³-hybridized carbons (Fsp3) is 0.812. The van der Waals surface area contributed by atoms with Gasteiger partial charge in [0.25, 0.3) is 0 Å². The molecule has 0 spiro atoms. The van der Waals surface area contributed by atoms with Crippen LogP contribution in [0.3, 0.4) is 0 Å². The molecule has 4 nitrogen and oxygen atoms in total. The summed E-state index contributed by atoms with van der Waals surface area (Å²) in [7, 11) is 0. The average molecular weight is 308 g/mol. The van der Waals surface area contributed by atoms with Gasteiger partial charge in [-0.3, -0.25) is 4.90 Å². The monoisotopic (exact) mass is 308 g/mol. The van der Waals surface area contributed by atoms with Crippen LogP contribution in [0.1, 0.15) is 44.7 Å². The molecule has 118 valence electrons. The molecule has 2 aliphatic rings. The van der Waals surface area contributed by atoms with E-state index in [0.29, 0.717) is 0 Å². The summed E-state index contributed by atoms with van der Waals surface area (Å²) < 4.78 is 0. The lowest BCUT2D eigenvalue weighted by atomic mass is 10.2. The number of anilines is 1. The van der Waals surface area contributed by atoms with Gasteiger partial charge in [-0.1, -0.05) is 19.8 Å². The summed E-state index contributed by atoms with van der Waals surface area (Å²) in [5.74, 6) is 0. The third kappa shape index (κ3) is 3.96. The van der Waals surface area contributed by atoms with Crippen molar-refractivity contribution in [3.05, 3.63) is 11.1 Å². The lowest BCUT2D eigenvalue weighted by Gasteiger charge is -2.37. The molecule has 2 heterocycles. The molecule has 1 saturated carbocycles. The summed E-state index contributed by atoms with van der Waals surface area (Å²) in [6.45, 7) is 8.90. The Balaban J connectivity index is 1.47. The zero-order valence-electron chi connectivity index (χ0n) is 13.2. The van der Waals surface area contributed by atoms with E-state index in [2.05, 4.69) is 27.4 Å².